The Morgan fingerprint density at radius 3 is 2.42 bits per heavy atom. The molecule has 162 valence electrons. The molecule has 2 aromatic rings. The monoisotopic (exact) mass is 431 g/mol. The fraction of sp³-hybridized carbons (Fsp3) is 0.381. The van der Waals surface area contributed by atoms with Crippen LogP contribution in [-0.2, 0) is 13.1 Å². The van der Waals surface area contributed by atoms with Crippen LogP contribution in [-0.4, -0.2) is 51.4 Å². The van der Waals surface area contributed by atoms with Crippen LogP contribution in [0.1, 0.15) is 24.1 Å². The number of aromatic nitrogens is 2. The number of piperidine rings is 1. The number of hydrogen-bond acceptors (Lipinski definition) is 4. The average molecular weight is 431 g/mol. The van der Waals surface area contributed by atoms with Crippen LogP contribution in [0.3, 0.4) is 0 Å². The van der Waals surface area contributed by atoms with Gasteiger partial charge in [-0.15, -0.1) is 13.2 Å². The highest BCUT2D eigenvalue weighted by molar-refractivity contribution is 5.80. The van der Waals surface area contributed by atoms with Crippen molar-refractivity contribution in [1.82, 2.24) is 19.4 Å². The Bertz CT molecular complexity index is 1030. The van der Waals surface area contributed by atoms with Gasteiger partial charge in [0, 0.05) is 32.4 Å². The highest BCUT2D eigenvalue weighted by Gasteiger charge is 2.31. The zero-order chi connectivity index (χ0) is 22.0. The Kier molecular flexibility index (Phi) is 5.59. The molecule has 1 aromatic heterocycles. The number of urea groups is 1. The molecule has 4 rings (SSSR count). The Labute approximate surface area is 176 Å². The fourth-order valence-electron chi connectivity index (χ4n) is 3.94. The molecule has 3 heterocycles. The molecule has 10 heteroatoms. The number of allylic oxidation sites excluding steroid dienone is 1. The number of nitrogens with zero attached hydrogens (tertiary/aromatic N) is 5. The van der Waals surface area contributed by atoms with E-state index < -0.39 is 6.36 Å². The number of ether oxygens (including phenoxy) is 1. The first-order chi connectivity index (χ1) is 14.8. The molecule has 31 heavy (non-hydrogen) atoms. The second-order valence-electron chi connectivity index (χ2n) is 7.43. The third-order valence-corrected chi connectivity index (χ3v) is 5.51. The van der Waals surface area contributed by atoms with Crippen LogP contribution in [0.2, 0.25) is 0 Å². The Morgan fingerprint density at radius 1 is 1.06 bits per heavy atom. The van der Waals surface area contributed by atoms with Gasteiger partial charge in [0.15, 0.2) is 0 Å². The molecule has 2 aliphatic heterocycles. The molecule has 7 nitrogen and oxygen atoms in total. The Morgan fingerprint density at radius 2 is 1.77 bits per heavy atom. The number of hydrogen-bond donors (Lipinski definition) is 0. The standard InChI is InChI=1S/C21H20F3N5O2/c22-21(23,24)31-18-3-1-15(2-4-18)19(11-25)16-5-7-27(8-6-16)20(30)28-9-10-29-14-26-12-17(29)13-28/h1-4,12,14H,5-10,13H2. The van der Waals surface area contributed by atoms with Crippen LogP contribution in [0, 0.1) is 11.3 Å². The summed E-state index contributed by atoms with van der Waals surface area (Å²) in [5.41, 5.74) is 2.87. The van der Waals surface area contributed by atoms with E-state index in [9.17, 15) is 23.2 Å². The zero-order valence-electron chi connectivity index (χ0n) is 16.6. The number of imidazole rings is 1. The molecule has 0 N–H and O–H groups in total. The molecule has 1 aromatic carbocycles. The van der Waals surface area contributed by atoms with Gasteiger partial charge in [0.2, 0.25) is 0 Å². The van der Waals surface area contributed by atoms with Gasteiger partial charge >= 0.3 is 12.4 Å². The SMILES string of the molecule is N#CC(=C1CCN(C(=O)N2CCn3cncc3C2)CC1)c1ccc(OC(F)(F)F)cc1. The van der Waals surface area contributed by atoms with E-state index in [1.54, 1.807) is 22.3 Å². The van der Waals surface area contributed by atoms with Gasteiger partial charge in [-0.3, -0.25) is 0 Å². The van der Waals surface area contributed by atoms with Crippen LogP contribution in [0.5, 0.6) is 5.75 Å². The number of carbonyl (C=O) groups excluding carboxylic acids is 1. The minimum atomic E-state index is -4.76. The lowest BCUT2D eigenvalue weighted by Gasteiger charge is -2.36. The maximum absolute atomic E-state index is 12.9. The van der Waals surface area contributed by atoms with Crippen molar-refractivity contribution in [3.63, 3.8) is 0 Å². The predicted octanol–water partition coefficient (Wildman–Crippen LogP) is 3.79. The fourth-order valence-corrected chi connectivity index (χ4v) is 3.94. The van der Waals surface area contributed by atoms with Crippen LogP contribution >= 0.6 is 0 Å². The lowest BCUT2D eigenvalue weighted by molar-refractivity contribution is -0.274. The Hall–Kier alpha value is -3.48. The van der Waals surface area contributed by atoms with Gasteiger partial charge in [-0.05, 0) is 48.2 Å². The summed E-state index contributed by atoms with van der Waals surface area (Å²) < 4.78 is 42.9. The maximum Gasteiger partial charge on any atom is 0.573 e. The first-order valence-corrected chi connectivity index (χ1v) is 9.85. The van der Waals surface area contributed by atoms with Gasteiger partial charge in [0.05, 0.1) is 30.2 Å². The summed E-state index contributed by atoms with van der Waals surface area (Å²) in [6.07, 6.45) is -0.144. The lowest BCUT2D eigenvalue weighted by atomic mass is 9.94. The molecule has 1 fully saturated rings. The van der Waals surface area contributed by atoms with Crippen molar-refractivity contribution in [2.75, 3.05) is 19.6 Å². The van der Waals surface area contributed by atoms with Gasteiger partial charge in [0.1, 0.15) is 5.75 Å². The van der Waals surface area contributed by atoms with Gasteiger partial charge in [-0.1, -0.05) is 0 Å². The molecule has 2 aliphatic rings. The number of benzene rings is 1. The highest BCUT2D eigenvalue weighted by atomic mass is 19.4. The van der Waals surface area contributed by atoms with Crippen molar-refractivity contribution >= 4 is 11.6 Å². The lowest BCUT2D eigenvalue weighted by Crippen LogP contribution is -2.48. The van der Waals surface area contributed by atoms with E-state index in [2.05, 4.69) is 15.8 Å². The predicted molar refractivity (Wildman–Crippen MR) is 104 cm³/mol. The van der Waals surface area contributed by atoms with Crippen molar-refractivity contribution < 1.29 is 22.7 Å². The molecular weight excluding hydrogens is 411 g/mol. The van der Waals surface area contributed by atoms with Crippen molar-refractivity contribution in [3.8, 4) is 11.8 Å². The average Bonchev–Trinajstić information content (AvgIpc) is 3.22. The van der Waals surface area contributed by atoms with Crippen LogP contribution in [0.15, 0.2) is 42.4 Å². The van der Waals surface area contributed by atoms with E-state index in [0.29, 0.717) is 56.7 Å². The van der Waals surface area contributed by atoms with E-state index in [0.717, 1.165) is 11.3 Å². The summed E-state index contributed by atoms with van der Waals surface area (Å²) in [4.78, 5) is 20.6. The topological polar surface area (TPSA) is 74.4 Å². The first-order valence-electron chi connectivity index (χ1n) is 9.85. The largest absolute Gasteiger partial charge is 0.573 e. The number of rotatable bonds is 2. The minimum absolute atomic E-state index is 0.0290. The second-order valence-corrected chi connectivity index (χ2v) is 7.43. The Balaban J connectivity index is 1.40. The molecule has 2 amide bonds. The van der Waals surface area contributed by atoms with Crippen LogP contribution < -0.4 is 4.74 Å². The highest BCUT2D eigenvalue weighted by Crippen LogP contribution is 2.29. The number of alkyl halides is 3. The smallest absolute Gasteiger partial charge is 0.406 e. The van der Waals surface area contributed by atoms with Crippen LogP contribution in [0.25, 0.3) is 5.57 Å². The summed E-state index contributed by atoms with van der Waals surface area (Å²) in [7, 11) is 0. The van der Waals surface area contributed by atoms with Crippen LogP contribution in [0.4, 0.5) is 18.0 Å². The summed E-state index contributed by atoms with van der Waals surface area (Å²) in [6.45, 7) is 2.84. The molecule has 0 saturated carbocycles. The van der Waals surface area contributed by atoms with Gasteiger partial charge in [-0.25, -0.2) is 9.78 Å². The second kappa shape index (κ2) is 8.34. The number of nitriles is 1. The number of fused-ring (bicyclic) bond motifs is 1. The number of halogens is 3. The third-order valence-electron chi connectivity index (χ3n) is 5.51. The molecule has 0 radical (unpaired) electrons. The molecular formula is C21H20F3N5O2. The molecule has 0 atom stereocenters. The normalized spacial score (nSPS) is 16.5. The van der Waals surface area contributed by atoms with Crippen molar-refractivity contribution in [2.24, 2.45) is 0 Å². The quantitative estimate of drug-likeness (QED) is 0.678. The van der Waals surface area contributed by atoms with E-state index in [1.165, 1.54) is 24.3 Å². The van der Waals surface area contributed by atoms with E-state index in [4.69, 9.17) is 0 Å². The summed E-state index contributed by atoms with van der Waals surface area (Å²) in [5, 5.41) is 9.62. The minimum Gasteiger partial charge on any atom is -0.406 e. The van der Waals surface area contributed by atoms with Gasteiger partial charge in [-0.2, -0.15) is 5.26 Å². The van der Waals surface area contributed by atoms with E-state index in [1.807, 2.05) is 4.57 Å². The maximum atomic E-state index is 12.9. The van der Waals surface area contributed by atoms with Gasteiger partial charge < -0.3 is 19.1 Å². The third kappa shape index (κ3) is 4.66. The molecule has 0 bridgehead atoms. The summed E-state index contributed by atoms with van der Waals surface area (Å²) in [5.74, 6) is -0.332. The van der Waals surface area contributed by atoms with Gasteiger partial charge in [0.25, 0.3) is 0 Å². The molecule has 0 aliphatic carbocycles. The first kappa shape index (κ1) is 20.8. The summed E-state index contributed by atoms with van der Waals surface area (Å²) in [6, 6.07) is 7.42. The van der Waals surface area contributed by atoms with E-state index in [-0.39, 0.29) is 11.8 Å². The van der Waals surface area contributed by atoms with E-state index >= 15 is 0 Å². The number of amides is 2. The van der Waals surface area contributed by atoms with Crippen molar-refractivity contribution in [1.29, 1.82) is 5.26 Å². The van der Waals surface area contributed by atoms with Crippen molar-refractivity contribution in [2.45, 2.75) is 32.3 Å². The zero-order valence-corrected chi connectivity index (χ0v) is 16.6. The summed E-state index contributed by atoms with van der Waals surface area (Å²) >= 11 is 0. The number of likely N-dealkylation sites (tertiary alicyclic amines) is 1. The molecule has 1 saturated heterocycles. The molecule has 0 spiro atoms. The number of carbonyl (C=O) groups is 1. The van der Waals surface area contributed by atoms with Crippen molar-refractivity contribution in [3.05, 3.63) is 53.6 Å². The molecule has 0 unspecified atom stereocenters.